The molecule has 5 aliphatic rings. The Kier molecular flexibility index (Phi) is 5.60. The lowest BCUT2D eigenvalue weighted by Gasteiger charge is -2.64. The minimum atomic E-state index is -2.23. The zero-order chi connectivity index (χ0) is 21.6. The number of nitrogens with one attached hydrogen (secondary N) is 1. The molecule has 6 rings (SSSR count). The average Bonchev–Trinajstić information content (AvgIpc) is 2.75. The van der Waals surface area contributed by atoms with Crippen molar-refractivity contribution < 1.29 is 13.6 Å². The van der Waals surface area contributed by atoms with Gasteiger partial charge < -0.3 is 11.1 Å². The molecule has 3 N–H and O–H groups in total. The molecule has 0 saturated heterocycles. The summed E-state index contributed by atoms with van der Waals surface area (Å²) in [4.78, 5) is 13.7. The first-order valence-electron chi connectivity index (χ1n) is 12.3. The first-order valence-corrected chi connectivity index (χ1v) is 12.3. The molecule has 31 heavy (non-hydrogen) atoms. The van der Waals surface area contributed by atoms with Crippen molar-refractivity contribution in [1.82, 2.24) is 5.32 Å². The molecule has 4 bridgehead atoms. The summed E-state index contributed by atoms with van der Waals surface area (Å²) in [5.74, 6) is 1.34. The summed E-state index contributed by atoms with van der Waals surface area (Å²) in [5.41, 5.74) is 7.10. The highest BCUT2D eigenvalue weighted by molar-refractivity contribution is 5.84. The molecule has 5 saturated carbocycles. The average molecular weight is 431 g/mol. The fraction of sp³-hybridized carbons (Fsp3) is 0.731. The van der Waals surface area contributed by atoms with E-state index in [4.69, 9.17) is 5.73 Å². The number of rotatable bonds is 6. The fourth-order valence-corrected chi connectivity index (χ4v) is 8.03. The van der Waals surface area contributed by atoms with Crippen LogP contribution in [0.5, 0.6) is 0 Å². The molecule has 2 atom stereocenters. The van der Waals surface area contributed by atoms with Crippen LogP contribution in [0.3, 0.4) is 0 Å². The molecule has 1 amide bonds. The lowest BCUT2D eigenvalue weighted by atomic mass is 9.39. The van der Waals surface area contributed by atoms with E-state index in [9.17, 15) is 13.6 Å². The van der Waals surface area contributed by atoms with Crippen LogP contribution in [0.2, 0.25) is 0 Å². The number of hydrogen-bond acceptors (Lipinski definition) is 2. The number of halogens is 2. The summed E-state index contributed by atoms with van der Waals surface area (Å²) < 4.78 is 26.0. The maximum absolute atomic E-state index is 13.7. The summed E-state index contributed by atoms with van der Waals surface area (Å²) in [6.45, 7) is 0. The summed E-state index contributed by atoms with van der Waals surface area (Å²) in [6.07, 6.45) is 7.05. The number of alkyl halides is 2. The summed E-state index contributed by atoms with van der Waals surface area (Å²) >= 11 is 0. The van der Waals surface area contributed by atoms with Crippen molar-refractivity contribution in [1.29, 1.82) is 0 Å². The molecule has 1 aromatic carbocycles. The molecule has 0 spiro atoms. The van der Waals surface area contributed by atoms with Gasteiger partial charge in [0.05, 0.1) is 5.41 Å². The van der Waals surface area contributed by atoms with Gasteiger partial charge in [0.1, 0.15) is 0 Å². The standard InChI is InChI=1S/C26H36F2N2O/c27-23(28)11-10-22-17-12-25(19-4-2-1-3-5-19)13-18(22)15-26(14-17,16-25)24(31)30-21-8-6-20(29)7-9-21/h1-5,17-18,20-23H,6-16,29H2,(H,30,31)/t17?,18?,20-,21-,22?,25?,26?. The fourth-order valence-electron chi connectivity index (χ4n) is 8.03. The van der Waals surface area contributed by atoms with Crippen molar-refractivity contribution in [2.75, 3.05) is 0 Å². The van der Waals surface area contributed by atoms with Crippen LogP contribution < -0.4 is 11.1 Å². The number of hydrogen-bond donors (Lipinski definition) is 2. The van der Waals surface area contributed by atoms with Crippen molar-refractivity contribution in [3.05, 3.63) is 35.9 Å². The van der Waals surface area contributed by atoms with Crippen LogP contribution in [0.4, 0.5) is 8.78 Å². The van der Waals surface area contributed by atoms with Gasteiger partial charge in [-0.25, -0.2) is 8.78 Å². The van der Waals surface area contributed by atoms with Gasteiger partial charge in [-0.3, -0.25) is 4.79 Å². The molecule has 0 aliphatic heterocycles. The van der Waals surface area contributed by atoms with E-state index >= 15 is 0 Å². The number of carbonyl (C=O) groups is 1. The molecule has 5 fully saturated rings. The number of benzene rings is 1. The van der Waals surface area contributed by atoms with E-state index in [1.807, 2.05) is 6.07 Å². The van der Waals surface area contributed by atoms with Crippen molar-refractivity contribution in [2.45, 2.75) is 94.6 Å². The smallest absolute Gasteiger partial charge is 0.238 e. The Bertz CT molecular complexity index is 774. The SMILES string of the molecule is N[C@H]1CC[C@H](NC(=O)C23CC4CC(c5ccccc5)(CC(C2)C4CCC(F)F)C3)CC1. The minimum absolute atomic E-state index is 0.00245. The molecule has 5 heteroatoms. The van der Waals surface area contributed by atoms with Gasteiger partial charge in [-0.15, -0.1) is 0 Å². The van der Waals surface area contributed by atoms with E-state index in [0.717, 1.165) is 57.8 Å². The molecule has 5 aliphatic carbocycles. The molecule has 0 radical (unpaired) electrons. The molecule has 1 aromatic rings. The summed E-state index contributed by atoms with van der Waals surface area (Å²) in [5, 5.41) is 3.42. The van der Waals surface area contributed by atoms with Gasteiger partial charge >= 0.3 is 0 Å². The first-order chi connectivity index (χ1) is 14.9. The van der Waals surface area contributed by atoms with E-state index in [1.165, 1.54) is 5.56 Å². The molecule has 0 heterocycles. The van der Waals surface area contributed by atoms with E-state index in [1.54, 1.807) is 0 Å². The maximum atomic E-state index is 13.7. The normalized spacial score (nSPS) is 41.5. The lowest BCUT2D eigenvalue weighted by Crippen LogP contribution is -2.62. The molecule has 2 unspecified atom stereocenters. The molecular weight excluding hydrogens is 394 g/mol. The van der Waals surface area contributed by atoms with E-state index < -0.39 is 6.43 Å². The van der Waals surface area contributed by atoms with Gasteiger partial charge in [-0.1, -0.05) is 30.3 Å². The highest BCUT2D eigenvalue weighted by atomic mass is 19.3. The third-order valence-corrected chi connectivity index (χ3v) is 9.19. The lowest BCUT2D eigenvalue weighted by molar-refractivity contribution is -0.159. The predicted molar refractivity (Wildman–Crippen MR) is 118 cm³/mol. The minimum Gasteiger partial charge on any atom is -0.353 e. The molecule has 170 valence electrons. The van der Waals surface area contributed by atoms with Gasteiger partial charge in [0.2, 0.25) is 12.3 Å². The van der Waals surface area contributed by atoms with E-state index in [-0.39, 0.29) is 35.2 Å². The Hall–Kier alpha value is -1.49. The van der Waals surface area contributed by atoms with Gasteiger partial charge in [0.25, 0.3) is 0 Å². The monoisotopic (exact) mass is 430 g/mol. The number of amides is 1. The zero-order valence-electron chi connectivity index (χ0n) is 18.4. The van der Waals surface area contributed by atoms with Crippen LogP contribution in [0.15, 0.2) is 30.3 Å². The maximum Gasteiger partial charge on any atom is 0.238 e. The van der Waals surface area contributed by atoms with Gasteiger partial charge in [0.15, 0.2) is 0 Å². The largest absolute Gasteiger partial charge is 0.353 e. The third-order valence-electron chi connectivity index (χ3n) is 9.19. The topological polar surface area (TPSA) is 55.1 Å². The van der Waals surface area contributed by atoms with Gasteiger partial charge in [0, 0.05) is 18.5 Å². The predicted octanol–water partition coefficient (Wildman–Crippen LogP) is 5.18. The molecular formula is C26H36F2N2O. The van der Waals surface area contributed by atoms with Crippen LogP contribution in [0.1, 0.15) is 76.2 Å². The van der Waals surface area contributed by atoms with Crippen LogP contribution in [0.25, 0.3) is 0 Å². The Morgan fingerprint density at radius 1 is 1.03 bits per heavy atom. The van der Waals surface area contributed by atoms with Crippen LogP contribution in [-0.4, -0.2) is 24.4 Å². The summed E-state index contributed by atoms with van der Waals surface area (Å²) in [7, 11) is 0. The number of carbonyl (C=O) groups excluding carboxylic acids is 1. The Morgan fingerprint density at radius 3 is 2.29 bits per heavy atom. The van der Waals surface area contributed by atoms with Crippen molar-refractivity contribution >= 4 is 5.91 Å². The highest BCUT2D eigenvalue weighted by Gasteiger charge is 2.63. The Balaban J connectivity index is 1.40. The second-order valence-corrected chi connectivity index (χ2v) is 11.2. The first kappa shape index (κ1) is 21.4. The van der Waals surface area contributed by atoms with Crippen LogP contribution >= 0.6 is 0 Å². The Labute approximate surface area is 184 Å². The van der Waals surface area contributed by atoms with E-state index in [0.29, 0.717) is 24.2 Å². The molecule has 3 nitrogen and oxygen atoms in total. The highest BCUT2D eigenvalue weighted by Crippen LogP contribution is 2.68. The van der Waals surface area contributed by atoms with Gasteiger partial charge in [-0.2, -0.15) is 0 Å². The van der Waals surface area contributed by atoms with Crippen molar-refractivity contribution in [3.8, 4) is 0 Å². The van der Waals surface area contributed by atoms with Crippen molar-refractivity contribution in [3.63, 3.8) is 0 Å². The van der Waals surface area contributed by atoms with Crippen LogP contribution in [0, 0.1) is 23.2 Å². The van der Waals surface area contributed by atoms with Crippen LogP contribution in [-0.2, 0) is 10.2 Å². The second-order valence-electron chi connectivity index (χ2n) is 11.2. The molecule has 0 aromatic heterocycles. The number of nitrogens with two attached hydrogens (primary N) is 1. The second kappa shape index (κ2) is 8.13. The quantitative estimate of drug-likeness (QED) is 0.653. The van der Waals surface area contributed by atoms with E-state index in [2.05, 4.69) is 29.6 Å². The third kappa shape index (κ3) is 3.92. The van der Waals surface area contributed by atoms with Gasteiger partial charge in [-0.05, 0) is 92.9 Å². The summed E-state index contributed by atoms with van der Waals surface area (Å²) in [6, 6.07) is 11.2. The van der Waals surface area contributed by atoms with Crippen molar-refractivity contribution in [2.24, 2.45) is 28.9 Å². The zero-order valence-corrected chi connectivity index (χ0v) is 18.4. The Morgan fingerprint density at radius 2 is 1.68 bits per heavy atom.